The molecule has 1 aromatic rings. The zero-order valence-electron chi connectivity index (χ0n) is 6.75. The smallest absolute Gasteiger partial charge is 0.259 e. The van der Waals surface area contributed by atoms with Crippen LogP contribution in [-0.2, 0) is 4.79 Å². The minimum Gasteiger partial charge on any atom is -0.365 e. The molecule has 0 aliphatic rings. The molecule has 1 aromatic heterocycles. The second-order valence-corrected chi connectivity index (χ2v) is 5.56. The van der Waals surface area contributed by atoms with Gasteiger partial charge in [-0.25, -0.2) is 0 Å². The van der Waals surface area contributed by atoms with E-state index >= 15 is 0 Å². The average molecular weight is 336 g/mol. The summed E-state index contributed by atoms with van der Waals surface area (Å²) in [5.74, 6) is -0.715. The van der Waals surface area contributed by atoms with Crippen LogP contribution in [0.15, 0.2) is 19.9 Å². The van der Waals surface area contributed by atoms with Crippen molar-refractivity contribution >= 4 is 55.2 Å². The fraction of sp³-hybridized carbons (Fsp3) is 0. The number of nitrogens with two attached hydrogens (primary N) is 1. The van der Waals surface area contributed by atoms with E-state index in [1.807, 2.05) is 0 Å². The highest BCUT2D eigenvalue weighted by atomic mass is 79.9. The lowest BCUT2D eigenvalue weighted by molar-refractivity contribution is -0.114. The molecule has 1 heterocycles. The van der Waals surface area contributed by atoms with E-state index in [0.717, 1.165) is 13.1 Å². The van der Waals surface area contributed by atoms with Crippen molar-refractivity contribution in [1.82, 2.24) is 0 Å². The molecule has 0 unspecified atom stereocenters. The zero-order chi connectivity index (χ0) is 10.7. The molecule has 0 saturated carbocycles. The molecule has 72 valence electrons. The van der Waals surface area contributed by atoms with Crippen molar-refractivity contribution in [1.29, 1.82) is 5.26 Å². The molecule has 0 fully saturated rings. The highest BCUT2D eigenvalue weighted by molar-refractivity contribution is 9.13. The van der Waals surface area contributed by atoms with Crippen LogP contribution in [0.1, 0.15) is 4.88 Å². The second kappa shape index (κ2) is 4.73. The Morgan fingerprint density at radius 3 is 2.64 bits per heavy atom. The molecule has 0 spiro atoms. The first kappa shape index (κ1) is 11.4. The van der Waals surface area contributed by atoms with Gasteiger partial charge in [-0.3, -0.25) is 4.79 Å². The molecule has 0 saturated heterocycles. The summed E-state index contributed by atoms with van der Waals surface area (Å²) in [7, 11) is 0. The highest BCUT2D eigenvalue weighted by Crippen LogP contribution is 2.33. The molecule has 1 amide bonds. The number of halogens is 2. The average Bonchev–Trinajstić information content (AvgIpc) is 2.41. The Morgan fingerprint density at radius 2 is 2.29 bits per heavy atom. The van der Waals surface area contributed by atoms with Gasteiger partial charge < -0.3 is 5.73 Å². The van der Waals surface area contributed by atoms with Gasteiger partial charge in [0, 0.05) is 9.35 Å². The quantitative estimate of drug-likeness (QED) is 0.667. The third-order valence-corrected chi connectivity index (χ3v) is 4.54. The molecule has 0 aromatic carbocycles. The minimum absolute atomic E-state index is 0.0498. The molecule has 0 aliphatic carbocycles. The van der Waals surface area contributed by atoms with Gasteiger partial charge >= 0.3 is 0 Å². The number of nitriles is 1. The summed E-state index contributed by atoms with van der Waals surface area (Å²) in [4.78, 5) is 11.5. The molecule has 2 N–H and O–H groups in total. The topological polar surface area (TPSA) is 66.9 Å². The van der Waals surface area contributed by atoms with E-state index in [1.165, 1.54) is 17.4 Å². The lowest BCUT2D eigenvalue weighted by atomic mass is 10.2. The number of hydrogen-bond donors (Lipinski definition) is 1. The van der Waals surface area contributed by atoms with Gasteiger partial charge in [0.25, 0.3) is 5.91 Å². The van der Waals surface area contributed by atoms with Gasteiger partial charge in [0.2, 0.25) is 0 Å². The first-order chi connectivity index (χ1) is 6.54. The van der Waals surface area contributed by atoms with E-state index in [1.54, 1.807) is 12.1 Å². The van der Waals surface area contributed by atoms with Crippen molar-refractivity contribution < 1.29 is 4.79 Å². The van der Waals surface area contributed by atoms with Crippen LogP contribution in [0.2, 0.25) is 0 Å². The first-order valence-corrected chi connectivity index (χ1v) is 5.81. The van der Waals surface area contributed by atoms with E-state index < -0.39 is 5.91 Å². The number of carbonyl (C=O) groups excluding carboxylic acids is 1. The van der Waals surface area contributed by atoms with Crippen molar-refractivity contribution in [3.63, 3.8) is 0 Å². The number of nitrogens with zero attached hydrogens (tertiary/aromatic N) is 1. The Hall–Kier alpha value is -0.640. The van der Waals surface area contributed by atoms with Gasteiger partial charge in [-0.05, 0) is 44.0 Å². The van der Waals surface area contributed by atoms with Gasteiger partial charge in [-0.15, -0.1) is 11.3 Å². The third kappa shape index (κ3) is 2.67. The van der Waals surface area contributed by atoms with E-state index in [4.69, 9.17) is 11.0 Å². The van der Waals surface area contributed by atoms with E-state index in [-0.39, 0.29) is 5.57 Å². The highest BCUT2D eigenvalue weighted by Gasteiger charge is 2.06. The summed E-state index contributed by atoms with van der Waals surface area (Å²) >= 11 is 8.02. The number of carbonyl (C=O) groups is 1. The number of rotatable bonds is 2. The molecule has 0 radical (unpaired) electrons. The zero-order valence-corrected chi connectivity index (χ0v) is 10.7. The third-order valence-electron chi connectivity index (χ3n) is 1.34. The maximum atomic E-state index is 10.7. The minimum atomic E-state index is -0.715. The first-order valence-electron chi connectivity index (χ1n) is 3.41. The molecular formula is C8H4Br2N2OS. The molecule has 0 bridgehead atoms. The molecule has 0 aliphatic heterocycles. The SMILES string of the molecule is N#C/C(=C/c1cc(Br)c(Br)s1)C(N)=O. The maximum Gasteiger partial charge on any atom is 0.259 e. The Kier molecular flexibility index (Phi) is 3.86. The van der Waals surface area contributed by atoms with Crippen LogP contribution in [0.25, 0.3) is 6.08 Å². The van der Waals surface area contributed by atoms with Crippen LogP contribution < -0.4 is 5.73 Å². The molecule has 3 nitrogen and oxygen atoms in total. The van der Waals surface area contributed by atoms with Gasteiger partial charge in [0.05, 0.1) is 3.79 Å². The van der Waals surface area contributed by atoms with Gasteiger partial charge in [0.15, 0.2) is 0 Å². The normalized spacial score (nSPS) is 11.1. The largest absolute Gasteiger partial charge is 0.365 e. The van der Waals surface area contributed by atoms with Gasteiger partial charge in [-0.2, -0.15) is 5.26 Å². The summed E-state index contributed by atoms with van der Waals surface area (Å²) in [6.07, 6.45) is 1.46. The fourth-order valence-electron chi connectivity index (χ4n) is 0.735. The van der Waals surface area contributed by atoms with Crippen molar-refractivity contribution in [2.24, 2.45) is 5.73 Å². The fourth-order valence-corrected chi connectivity index (χ4v) is 2.77. The van der Waals surface area contributed by atoms with Crippen LogP contribution >= 0.6 is 43.2 Å². The lowest BCUT2D eigenvalue weighted by Gasteiger charge is -1.88. The van der Waals surface area contributed by atoms with E-state index in [9.17, 15) is 4.79 Å². The number of primary amides is 1. The van der Waals surface area contributed by atoms with Crippen molar-refractivity contribution in [3.8, 4) is 6.07 Å². The molecule has 0 atom stereocenters. The molecule has 6 heteroatoms. The van der Waals surface area contributed by atoms with Crippen LogP contribution in [0, 0.1) is 11.3 Å². The molecular weight excluding hydrogens is 332 g/mol. The van der Waals surface area contributed by atoms with Crippen LogP contribution in [0.3, 0.4) is 0 Å². The number of amides is 1. The van der Waals surface area contributed by atoms with Crippen LogP contribution in [0.4, 0.5) is 0 Å². The maximum absolute atomic E-state index is 10.7. The van der Waals surface area contributed by atoms with Gasteiger partial charge in [0.1, 0.15) is 11.6 Å². The van der Waals surface area contributed by atoms with Crippen LogP contribution in [-0.4, -0.2) is 5.91 Å². The summed E-state index contributed by atoms with van der Waals surface area (Å²) < 4.78 is 1.79. The van der Waals surface area contributed by atoms with E-state index in [2.05, 4.69) is 31.9 Å². The molecule has 14 heavy (non-hydrogen) atoms. The van der Waals surface area contributed by atoms with Gasteiger partial charge in [-0.1, -0.05) is 0 Å². The van der Waals surface area contributed by atoms with E-state index in [0.29, 0.717) is 0 Å². The lowest BCUT2D eigenvalue weighted by Crippen LogP contribution is -2.12. The summed E-state index contributed by atoms with van der Waals surface area (Å²) in [6.45, 7) is 0. The Labute approximate surface area is 101 Å². The van der Waals surface area contributed by atoms with Crippen LogP contribution in [0.5, 0.6) is 0 Å². The predicted molar refractivity (Wildman–Crippen MR) is 62.5 cm³/mol. The summed E-state index contributed by atoms with van der Waals surface area (Å²) in [5.41, 5.74) is 4.94. The number of thiophene rings is 1. The standard InChI is InChI=1S/C8H4Br2N2OS/c9-6-2-5(14-7(6)10)1-4(3-11)8(12)13/h1-2H,(H2,12,13)/b4-1-. The molecule has 1 rings (SSSR count). The Morgan fingerprint density at radius 1 is 1.64 bits per heavy atom. The Bertz CT molecular complexity index is 425. The van der Waals surface area contributed by atoms with Crippen molar-refractivity contribution in [3.05, 3.63) is 24.8 Å². The predicted octanol–water partition coefficient (Wildman–Crippen LogP) is 2.67. The second-order valence-electron chi connectivity index (χ2n) is 2.30. The summed E-state index contributed by atoms with van der Waals surface area (Å²) in [5, 5.41) is 8.60. The van der Waals surface area contributed by atoms with Crippen molar-refractivity contribution in [2.45, 2.75) is 0 Å². The Balaban J connectivity index is 3.08. The summed E-state index contributed by atoms with van der Waals surface area (Å²) in [6, 6.07) is 3.54. The number of hydrogen-bond acceptors (Lipinski definition) is 3. The van der Waals surface area contributed by atoms with Crippen molar-refractivity contribution in [2.75, 3.05) is 0 Å². The monoisotopic (exact) mass is 334 g/mol.